The van der Waals surface area contributed by atoms with Crippen molar-refractivity contribution in [2.45, 2.75) is 57.4 Å². The molecule has 0 spiro atoms. The summed E-state index contributed by atoms with van der Waals surface area (Å²) < 4.78 is 0. The van der Waals surface area contributed by atoms with E-state index in [1.54, 1.807) is 11.8 Å². The van der Waals surface area contributed by atoms with E-state index in [1.165, 1.54) is 32.1 Å². The zero-order valence-electron chi connectivity index (χ0n) is 16.9. The molecule has 1 aromatic carbocycles. The van der Waals surface area contributed by atoms with Crippen molar-refractivity contribution >= 4 is 24.2 Å². The molecular weight excluding hydrogens is 374 g/mol. The van der Waals surface area contributed by atoms with Crippen LogP contribution in [0.15, 0.2) is 30.3 Å². The number of carbonyl (C=O) groups is 2. The lowest BCUT2D eigenvalue weighted by Gasteiger charge is -2.38. The van der Waals surface area contributed by atoms with Crippen LogP contribution in [0.4, 0.5) is 0 Å². The third kappa shape index (κ3) is 5.48. The van der Waals surface area contributed by atoms with Crippen LogP contribution >= 0.6 is 12.4 Å². The van der Waals surface area contributed by atoms with E-state index in [4.69, 9.17) is 5.73 Å². The van der Waals surface area contributed by atoms with E-state index in [-0.39, 0.29) is 24.2 Å². The number of carbonyl (C=O) groups excluding carboxylic acids is 2. The lowest BCUT2D eigenvalue weighted by Crippen LogP contribution is -2.57. The van der Waals surface area contributed by atoms with Gasteiger partial charge < -0.3 is 15.5 Å². The van der Waals surface area contributed by atoms with Crippen LogP contribution in [0.5, 0.6) is 0 Å². The number of amides is 2. The minimum atomic E-state index is -1.03. The average Bonchev–Trinajstić information content (AvgIpc) is 2.73. The van der Waals surface area contributed by atoms with Gasteiger partial charge >= 0.3 is 0 Å². The molecule has 6 heteroatoms. The van der Waals surface area contributed by atoms with Gasteiger partial charge in [0.2, 0.25) is 11.8 Å². The molecule has 2 amide bonds. The van der Waals surface area contributed by atoms with Crippen LogP contribution in [0.3, 0.4) is 0 Å². The molecule has 1 atom stereocenters. The summed E-state index contributed by atoms with van der Waals surface area (Å²) in [6, 6.07) is 9.50. The Morgan fingerprint density at radius 2 is 1.57 bits per heavy atom. The molecule has 0 bridgehead atoms. The first-order valence-corrected chi connectivity index (χ1v) is 10.4. The van der Waals surface area contributed by atoms with Gasteiger partial charge in [-0.25, -0.2) is 0 Å². The lowest BCUT2D eigenvalue weighted by atomic mass is 9.86. The van der Waals surface area contributed by atoms with E-state index in [1.807, 2.05) is 35.2 Å². The molecule has 3 rings (SSSR count). The molecule has 1 saturated carbocycles. The van der Waals surface area contributed by atoms with E-state index in [0.29, 0.717) is 32.6 Å². The molecule has 1 heterocycles. The van der Waals surface area contributed by atoms with E-state index in [9.17, 15) is 9.59 Å². The molecular formula is C22H34ClN3O2. The summed E-state index contributed by atoms with van der Waals surface area (Å²) in [5, 5.41) is 0. The van der Waals surface area contributed by atoms with Gasteiger partial charge in [0, 0.05) is 32.6 Å². The highest BCUT2D eigenvalue weighted by Crippen LogP contribution is 2.27. The molecule has 1 unspecified atom stereocenters. The van der Waals surface area contributed by atoms with E-state index < -0.39 is 5.54 Å². The Morgan fingerprint density at radius 1 is 1.00 bits per heavy atom. The standard InChI is InChI=1S/C22H33N3O2.ClH/c1-22(23,19-10-6-3-7-11-19)21(27)25-16-14-24(15-17-25)20(26)13-12-18-8-4-2-5-9-18;/h3,6-7,10-11,18H,2,4-5,8-9,12-17,23H2,1H3;1H. The summed E-state index contributed by atoms with van der Waals surface area (Å²) in [6.07, 6.45) is 8.22. The molecule has 1 aliphatic heterocycles. The summed E-state index contributed by atoms with van der Waals surface area (Å²) >= 11 is 0. The molecule has 2 aliphatic rings. The fourth-order valence-corrected chi connectivity index (χ4v) is 4.36. The zero-order valence-corrected chi connectivity index (χ0v) is 17.8. The summed E-state index contributed by atoms with van der Waals surface area (Å²) in [6.45, 7) is 4.12. The van der Waals surface area contributed by atoms with Gasteiger partial charge in [0.1, 0.15) is 5.54 Å². The van der Waals surface area contributed by atoms with E-state index >= 15 is 0 Å². The molecule has 5 nitrogen and oxygen atoms in total. The second-order valence-corrected chi connectivity index (χ2v) is 8.28. The van der Waals surface area contributed by atoms with Gasteiger partial charge in [-0.05, 0) is 24.8 Å². The summed E-state index contributed by atoms with van der Waals surface area (Å²) in [4.78, 5) is 29.2. The summed E-state index contributed by atoms with van der Waals surface area (Å²) in [7, 11) is 0. The predicted molar refractivity (Wildman–Crippen MR) is 114 cm³/mol. The number of hydrogen-bond acceptors (Lipinski definition) is 3. The molecule has 0 aromatic heterocycles. The van der Waals surface area contributed by atoms with Crippen LogP contribution < -0.4 is 5.73 Å². The third-order valence-electron chi connectivity index (χ3n) is 6.23. The summed E-state index contributed by atoms with van der Waals surface area (Å²) in [5.74, 6) is 0.906. The lowest BCUT2D eigenvalue weighted by molar-refractivity contribution is -0.143. The Balaban J connectivity index is 0.00000280. The van der Waals surface area contributed by atoms with Crippen molar-refractivity contribution in [2.75, 3.05) is 26.2 Å². The molecule has 2 fully saturated rings. The molecule has 1 aromatic rings. The molecule has 0 radical (unpaired) electrons. The van der Waals surface area contributed by atoms with Crippen molar-refractivity contribution in [3.8, 4) is 0 Å². The first-order valence-electron chi connectivity index (χ1n) is 10.4. The fraction of sp³-hybridized carbons (Fsp3) is 0.636. The third-order valence-corrected chi connectivity index (χ3v) is 6.23. The van der Waals surface area contributed by atoms with Gasteiger partial charge in [-0.3, -0.25) is 9.59 Å². The first kappa shape index (κ1) is 22.7. The topological polar surface area (TPSA) is 66.6 Å². The van der Waals surface area contributed by atoms with Gasteiger partial charge in [-0.1, -0.05) is 62.4 Å². The van der Waals surface area contributed by atoms with Crippen molar-refractivity contribution < 1.29 is 9.59 Å². The smallest absolute Gasteiger partial charge is 0.247 e. The number of hydrogen-bond donors (Lipinski definition) is 1. The van der Waals surface area contributed by atoms with Crippen LogP contribution in [-0.2, 0) is 15.1 Å². The van der Waals surface area contributed by atoms with Gasteiger partial charge in [-0.2, -0.15) is 0 Å². The van der Waals surface area contributed by atoms with Crippen LogP contribution in [0.1, 0.15) is 57.4 Å². The van der Waals surface area contributed by atoms with E-state index in [2.05, 4.69) is 0 Å². The fourth-order valence-electron chi connectivity index (χ4n) is 4.36. The minimum absolute atomic E-state index is 0. The number of rotatable bonds is 5. The summed E-state index contributed by atoms with van der Waals surface area (Å²) in [5.41, 5.74) is 6.15. The van der Waals surface area contributed by atoms with Crippen molar-refractivity contribution in [1.29, 1.82) is 0 Å². The van der Waals surface area contributed by atoms with Crippen LogP contribution in [0.25, 0.3) is 0 Å². The normalized spacial score (nSPS) is 20.2. The number of piperazine rings is 1. The number of halogens is 1. The Labute approximate surface area is 175 Å². The predicted octanol–water partition coefficient (Wildman–Crippen LogP) is 3.31. The molecule has 2 N–H and O–H groups in total. The van der Waals surface area contributed by atoms with Crippen molar-refractivity contribution in [3.63, 3.8) is 0 Å². The molecule has 28 heavy (non-hydrogen) atoms. The highest BCUT2D eigenvalue weighted by molar-refractivity contribution is 5.87. The maximum Gasteiger partial charge on any atom is 0.247 e. The monoisotopic (exact) mass is 407 g/mol. The number of benzene rings is 1. The molecule has 1 saturated heterocycles. The van der Waals surface area contributed by atoms with Gasteiger partial charge in [0.25, 0.3) is 0 Å². The largest absolute Gasteiger partial charge is 0.339 e. The Hall–Kier alpha value is -1.59. The van der Waals surface area contributed by atoms with Crippen molar-refractivity contribution in [1.82, 2.24) is 9.80 Å². The van der Waals surface area contributed by atoms with Gasteiger partial charge in [0.05, 0.1) is 0 Å². The second-order valence-electron chi connectivity index (χ2n) is 8.28. The quantitative estimate of drug-likeness (QED) is 0.814. The Bertz CT molecular complexity index is 636. The zero-order chi connectivity index (χ0) is 19.3. The molecule has 1 aliphatic carbocycles. The maximum absolute atomic E-state index is 12.9. The first-order chi connectivity index (χ1) is 13.0. The van der Waals surface area contributed by atoms with Crippen LogP contribution in [-0.4, -0.2) is 47.8 Å². The van der Waals surface area contributed by atoms with Crippen molar-refractivity contribution in [3.05, 3.63) is 35.9 Å². The molecule has 156 valence electrons. The van der Waals surface area contributed by atoms with Gasteiger partial charge in [0.15, 0.2) is 0 Å². The van der Waals surface area contributed by atoms with E-state index in [0.717, 1.165) is 17.9 Å². The number of nitrogens with two attached hydrogens (primary N) is 1. The number of nitrogens with zero attached hydrogens (tertiary/aromatic N) is 2. The van der Waals surface area contributed by atoms with Crippen LogP contribution in [0, 0.1) is 5.92 Å². The second kappa shape index (κ2) is 10.3. The highest BCUT2D eigenvalue weighted by atomic mass is 35.5. The maximum atomic E-state index is 12.9. The van der Waals surface area contributed by atoms with Crippen molar-refractivity contribution in [2.24, 2.45) is 11.7 Å². The highest BCUT2D eigenvalue weighted by Gasteiger charge is 2.36. The Morgan fingerprint density at radius 3 is 2.18 bits per heavy atom. The minimum Gasteiger partial charge on any atom is -0.339 e. The Kier molecular flexibility index (Phi) is 8.32. The van der Waals surface area contributed by atoms with Crippen LogP contribution in [0.2, 0.25) is 0 Å². The average molecular weight is 408 g/mol. The SMILES string of the molecule is CC(N)(C(=O)N1CCN(C(=O)CCC2CCCCC2)CC1)c1ccccc1.Cl. The van der Waals surface area contributed by atoms with Gasteiger partial charge in [-0.15, -0.1) is 12.4 Å².